The molecule has 0 saturated heterocycles. The molecule has 0 unspecified atom stereocenters. The first kappa shape index (κ1) is 16.2. The van der Waals surface area contributed by atoms with Crippen molar-refractivity contribution in [3.05, 3.63) is 57.1 Å². The molecule has 2 heterocycles. The van der Waals surface area contributed by atoms with Crippen LogP contribution < -0.4 is 10.9 Å². The number of carbonyl (C=O) groups is 2. The second-order valence-electron chi connectivity index (χ2n) is 6.06. The summed E-state index contributed by atoms with van der Waals surface area (Å²) in [5.74, 6) is -0.750. The number of nitrogens with one attached hydrogen (secondary N) is 1. The lowest BCUT2D eigenvalue weighted by molar-refractivity contribution is -0.120. The topological polar surface area (TPSA) is 76.4 Å². The van der Waals surface area contributed by atoms with Crippen LogP contribution in [0, 0.1) is 6.92 Å². The molecule has 5 nitrogen and oxygen atoms in total. The van der Waals surface area contributed by atoms with Gasteiger partial charge in [-0.25, -0.2) is 4.79 Å². The van der Waals surface area contributed by atoms with Crippen molar-refractivity contribution in [3.63, 3.8) is 0 Å². The zero-order valence-corrected chi connectivity index (χ0v) is 13.8. The number of fused-ring (bicyclic) bond motifs is 1. The SMILES string of the molecule is CCCCc1c2c(oc(=O)c1-c1ccc(C)cc1)CC(=O)NC2=O. The molecule has 2 aromatic rings. The summed E-state index contributed by atoms with van der Waals surface area (Å²) in [5, 5.41) is 2.32. The molecule has 5 heteroatoms. The maximum atomic E-state index is 12.6. The minimum absolute atomic E-state index is 0.0797. The number of benzene rings is 1. The third-order valence-corrected chi connectivity index (χ3v) is 4.22. The Labute approximate surface area is 139 Å². The van der Waals surface area contributed by atoms with E-state index in [4.69, 9.17) is 4.42 Å². The van der Waals surface area contributed by atoms with E-state index < -0.39 is 17.4 Å². The fourth-order valence-corrected chi connectivity index (χ4v) is 3.01. The molecular formula is C19H19NO4. The smallest absolute Gasteiger partial charge is 0.344 e. The number of carbonyl (C=O) groups excluding carboxylic acids is 2. The quantitative estimate of drug-likeness (QED) is 0.877. The van der Waals surface area contributed by atoms with Crippen LogP contribution in [0.25, 0.3) is 11.1 Å². The van der Waals surface area contributed by atoms with Crippen molar-refractivity contribution in [2.45, 2.75) is 39.5 Å². The number of unbranched alkanes of at least 4 members (excludes halogenated alkanes) is 1. The zero-order chi connectivity index (χ0) is 17.3. The molecule has 0 aliphatic carbocycles. The van der Waals surface area contributed by atoms with Crippen molar-refractivity contribution in [3.8, 4) is 11.1 Å². The van der Waals surface area contributed by atoms with Gasteiger partial charge in [0.15, 0.2) is 0 Å². The lowest BCUT2D eigenvalue weighted by atomic mass is 9.90. The van der Waals surface area contributed by atoms with Crippen LogP contribution in [0.3, 0.4) is 0 Å². The van der Waals surface area contributed by atoms with E-state index in [1.54, 1.807) is 0 Å². The Balaban J connectivity index is 2.26. The Morgan fingerprint density at radius 2 is 1.79 bits per heavy atom. The van der Waals surface area contributed by atoms with Crippen molar-refractivity contribution in [1.82, 2.24) is 5.32 Å². The van der Waals surface area contributed by atoms with Gasteiger partial charge in [0.05, 0.1) is 17.5 Å². The normalized spacial score (nSPS) is 13.6. The molecule has 0 fully saturated rings. The lowest BCUT2D eigenvalue weighted by Gasteiger charge is -2.19. The molecule has 1 aromatic heterocycles. The molecule has 124 valence electrons. The third-order valence-electron chi connectivity index (χ3n) is 4.22. The average Bonchev–Trinajstić information content (AvgIpc) is 2.53. The predicted octanol–water partition coefficient (Wildman–Crippen LogP) is 2.77. The van der Waals surface area contributed by atoms with Crippen LogP contribution >= 0.6 is 0 Å². The third kappa shape index (κ3) is 2.89. The van der Waals surface area contributed by atoms with Crippen LogP contribution in [0.1, 0.15) is 47.0 Å². The molecule has 1 aliphatic heterocycles. The van der Waals surface area contributed by atoms with Crippen molar-refractivity contribution >= 4 is 11.8 Å². The summed E-state index contributed by atoms with van der Waals surface area (Å²) < 4.78 is 5.34. The van der Waals surface area contributed by atoms with E-state index in [1.807, 2.05) is 38.1 Å². The van der Waals surface area contributed by atoms with E-state index in [0.717, 1.165) is 24.0 Å². The fraction of sp³-hybridized carbons (Fsp3) is 0.316. The van der Waals surface area contributed by atoms with Crippen LogP contribution in [0.15, 0.2) is 33.5 Å². The molecule has 24 heavy (non-hydrogen) atoms. The second kappa shape index (κ2) is 6.43. The molecular weight excluding hydrogens is 306 g/mol. The maximum Gasteiger partial charge on any atom is 0.344 e. The van der Waals surface area contributed by atoms with Gasteiger partial charge in [0.1, 0.15) is 5.76 Å². The number of imide groups is 1. The van der Waals surface area contributed by atoms with E-state index in [9.17, 15) is 14.4 Å². The minimum Gasteiger partial charge on any atom is -0.426 e. The van der Waals surface area contributed by atoms with Crippen LogP contribution in [-0.2, 0) is 17.6 Å². The molecule has 0 spiro atoms. The summed E-state index contributed by atoms with van der Waals surface area (Å²) in [7, 11) is 0. The van der Waals surface area contributed by atoms with Gasteiger partial charge in [0.25, 0.3) is 5.91 Å². The Bertz CT molecular complexity index is 862. The van der Waals surface area contributed by atoms with E-state index in [1.165, 1.54) is 0 Å². The molecule has 1 aromatic carbocycles. The van der Waals surface area contributed by atoms with Gasteiger partial charge in [-0.15, -0.1) is 0 Å². The van der Waals surface area contributed by atoms with Crippen LogP contribution in [0.5, 0.6) is 0 Å². The first-order valence-corrected chi connectivity index (χ1v) is 8.11. The van der Waals surface area contributed by atoms with Gasteiger partial charge in [-0.05, 0) is 30.9 Å². The number of hydrogen-bond donors (Lipinski definition) is 1. The largest absolute Gasteiger partial charge is 0.426 e. The monoisotopic (exact) mass is 325 g/mol. The first-order valence-electron chi connectivity index (χ1n) is 8.11. The fourth-order valence-electron chi connectivity index (χ4n) is 3.01. The summed E-state index contributed by atoms with van der Waals surface area (Å²) in [5.41, 5.74) is 2.76. The van der Waals surface area contributed by atoms with Crippen molar-refractivity contribution in [2.75, 3.05) is 0 Å². The summed E-state index contributed by atoms with van der Waals surface area (Å²) in [6.45, 7) is 4.02. The van der Waals surface area contributed by atoms with Gasteiger partial charge in [-0.1, -0.05) is 43.2 Å². The molecule has 0 bridgehead atoms. The Kier molecular flexibility index (Phi) is 4.34. The van der Waals surface area contributed by atoms with Crippen LogP contribution in [-0.4, -0.2) is 11.8 Å². The highest BCUT2D eigenvalue weighted by Crippen LogP contribution is 2.29. The van der Waals surface area contributed by atoms with E-state index >= 15 is 0 Å². The number of amides is 2. The molecule has 1 aliphatic rings. The average molecular weight is 325 g/mol. The summed E-state index contributed by atoms with van der Waals surface area (Å²) in [4.78, 5) is 36.5. The summed E-state index contributed by atoms with van der Waals surface area (Å²) >= 11 is 0. The van der Waals surface area contributed by atoms with Crippen molar-refractivity contribution < 1.29 is 14.0 Å². The first-order chi connectivity index (χ1) is 11.5. The summed E-state index contributed by atoms with van der Waals surface area (Å²) in [6, 6.07) is 7.55. The number of rotatable bonds is 4. The zero-order valence-electron chi connectivity index (χ0n) is 13.8. The highest BCUT2D eigenvalue weighted by Gasteiger charge is 2.30. The van der Waals surface area contributed by atoms with Gasteiger partial charge in [0, 0.05) is 0 Å². The molecule has 0 radical (unpaired) electrons. The highest BCUT2D eigenvalue weighted by molar-refractivity contribution is 6.10. The molecule has 0 saturated carbocycles. The van der Waals surface area contributed by atoms with E-state index in [2.05, 4.69) is 5.32 Å². The van der Waals surface area contributed by atoms with Gasteiger partial charge >= 0.3 is 5.63 Å². The Morgan fingerprint density at radius 1 is 1.08 bits per heavy atom. The molecule has 0 atom stereocenters. The Hall–Kier alpha value is -2.69. The van der Waals surface area contributed by atoms with Gasteiger partial charge in [-0.3, -0.25) is 14.9 Å². The van der Waals surface area contributed by atoms with E-state index in [0.29, 0.717) is 23.1 Å². The van der Waals surface area contributed by atoms with Crippen LogP contribution in [0.2, 0.25) is 0 Å². The maximum absolute atomic E-state index is 12.6. The van der Waals surface area contributed by atoms with Crippen molar-refractivity contribution in [2.24, 2.45) is 0 Å². The minimum atomic E-state index is -0.494. The predicted molar refractivity (Wildman–Crippen MR) is 89.9 cm³/mol. The van der Waals surface area contributed by atoms with Crippen LogP contribution in [0.4, 0.5) is 0 Å². The number of aryl methyl sites for hydroxylation is 1. The van der Waals surface area contributed by atoms with Crippen molar-refractivity contribution in [1.29, 1.82) is 0 Å². The molecule has 3 rings (SSSR count). The highest BCUT2D eigenvalue weighted by atomic mass is 16.4. The molecule has 1 N–H and O–H groups in total. The van der Waals surface area contributed by atoms with Gasteiger partial charge in [0.2, 0.25) is 5.91 Å². The van der Waals surface area contributed by atoms with Gasteiger partial charge < -0.3 is 4.42 Å². The standard InChI is InChI=1S/C19H19NO4/c1-3-4-5-13-16(12-8-6-11(2)7-9-12)19(23)24-14-10-15(21)20-18(22)17(13)14/h6-9H,3-5,10H2,1-2H3,(H,20,21,22). The van der Waals surface area contributed by atoms with E-state index in [-0.39, 0.29) is 12.2 Å². The lowest BCUT2D eigenvalue weighted by Crippen LogP contribution is -2.39. The van der Waals surface area contributed by atoms with Gasteiger partial charge in [-0.2, -0.15) is 0 Å². The Morgan fingerprint density at radius 3 is 2.46 bits per heavy atom. The second-order valence-corrected chi connectivity index (χ2v) is 6.06. The summed E-state index contributed by atoms with van der Waals surface area (Å²) in [6.07, 6.45) is 2.29. The molecule has 2 amide bonds. The number of hydrogen-bond acceptors (Lipinski definition) is 4.